The number of rotatable bonds is 7. The molecule has 0 aromatic rings. The molecule has 0 bridgehead atoms. The number of nitrogens with two attached hydrogens (primary N) is 1. The monoisotopic (exact) mass is 505 g/mol. The fraction of sp³-hybridized carbons (Fsp3) is 1.00. The van der Waals surface area contributed by atoms with E-state index < -0.39 is 28.3 Å². The van der Waals surface area contributed by atoms with Crippen LogP contribution in [0.1, 0.15) is 126 Å². The normalized spacial score (nSPS) is 48.8. The Balaban J connectivity index is 1.63. The van der Waals surface area contributed by atoms with Crippen LogP contribution in [0.25, 0.3) is 0 Å². The van der Waals surface area contributed by atoms with Crippen molar-refractivity contribution in [2.75, 3.05) is 0 Å². The summed E-state index contributed by atoms with van der Waals surface area (Å²) in [4.78, 5) is 0. The smallest absolute Gasteiger partial charge is 0.111 e. The van der Waals surface area contributed by atoms with Gasteiger partial charge in [0, 0.05) is 17.4 Å². The van der Waals surface area contributed by atoms with Crippen LogP contribution < -0.4 is 5.73 Å². The molecule has 4 nitrogen and oxygen atoms in total. The van der Waals surface area contributed by atoms with Crippen molar-refractivity contribution in [3.8, 4) is 0 Å². The van der Waals surface area contributed by atoms with E-state index in [0.717, 1.165) is 36.5 Å². The Morgan fingerprint density at radius 2 is 1.58 bits per heavy atom. The highest BCUT2D eigenvalue weighted by Gasteiger charge is 2.74. The molecule has 4 aliphatic rings. The van der Waals surface area contributed by atoms with Crippen LogP contribution in [0.15, 0.2) is 0 Å². The van der Waals surface area contributed by atoms with Gasteiger partial charge < -0.3 is 21.1 Å². The fourth-order valence-corrected chi connectivity index (χ4v) is 10.8. The lowest BCUT2D eigenvalue weighted by Crippen LogP contribution is -2.80. The Morgan fingerprint density at radius 3 is 2.17 bits per heavy atom. The molecule has 36 heavy (non-hydrogen) atoms. The van der Waals surface area contributed by atoms with E-state index in [4.69, 9.17) is 5.73 Å². The van der Waals surface area contributed by atoms with Crippen molar-refractivity contribution >= 4 is 0 Å². The second kappa shape index (κ2) is 9.49. The average Bonchev–Trinajstić information content (AvgIpc) is 3.13. The summed E-state index contributed by atoms with van der Waals surface area (Å²) in [5, 5.41) is 35.4. The Bertz CT molecular complexity index is 793. The standard InChI is InChI=1S/C32H59NO3/c1-9-22(20(2)3)11-10-21(4)25-12-13-26-24-19-31(35,28(5,6)33)32(36)18-23(34)14-17-30(32,8)27(24)15-16-29(25,26)7/h20-27,34-36H,9-19,33H2,1-8H3/t21-,22-,23+,24+,25-,26+,27+,29-,30-,31+,32-/m1/s1. The molecular weight excluding hydrogens is 446 g/mol. The number of fused-ring (bicyclic) bond motifs is 5. The molecule has 0 unspecified atom stereocenters. The molecule has 4 fully saturated rings. The maximum atomic E-state index is 12.4. The Labute approximate surface area is 222 Å². The van der Waals surface area contributed by atoms with Gasteiger partial charge in [0.2, 0.25) is 0 Å². The second-order valence-corrected chi connectivity index (χ2v) is 15.5. The van der Waals surface area contributed by atoms with E-state index >= 15 is 0 Å². The Morgan fingerprint density at radius 1 is 0.917 bits per heavy atom. The van der Waals surface area contributed by atoms with Gasteiger partial charge in [-0.25, -0.2) is 0 Å². The topological polar surface area (TPSA) is 86.7 Å². The van der Waals surface area contributed by atoms with Crippen molar-refractivity contribution < 1.29 is 15.3 Å². The summed E-state index contributed by atoms with van der Waals surface area (Å²) in [5.74, 6) is 4.41. The van der Waals surface area contributed by atoms with E-state index in [0.29, 0.717) is 36.0 Å². The van der Waals surface area contributed by atoms with Crippen molar-refractivity contribution in [3.63, 3.8) is 0 Å². The van der Waals surface area contributed by atoms with E-state index in [1.54, 1.807) is 0 Å². The molecule has 0 aromatic carbocycles. The molecule has 210 valence electrons. The van der Waals surface area contributed by atoms with Crippen molar-refractivity contribution in [2.24, 2.45) is 58.0 Å². The molecule has 4 rings (SSSR count). The minimum atomic E-state index is -1.41. The molecule has 0 radical (unpaired) electrons. The summed E-state index contributed by atoms with van der Waals surface area (Å²) < 4.78 is 0. The molecule has 0 saturated heterocycles. The average molecular weight is 506 g/mol. The Kier molecular flexibility index (Phi) is 7.60. The third-order valence-electron chi connectivity index (χ3n) is 13.2. The van der Waals surface area contributed by atoms with Crippen LogP contribution in [0.4, 0.5) is 0 Å². The first-order valence-electron chi connectivity index (χ1n) is 15.5. The van der Waals surface area contributed by atoms with Crippen LogP contribution in [0.2, 0.25) is 0 Å². The zero-order chi connectivity index (χ0) is 26.9. The van der Waals surface area contributed by atoms with Gasteiger partial charge in [-0.3, -0.25) is 0 Å². The third-order valence-corrected chi connectivity index (χ3v) is 13.2. The van der Waals surface area contributed by atoms with Gasteiger partial charge in [0.15, 0.2) is 0 Å². The van der Waals surface area contributed by atoms with Gasteiger partial charge >= 0.3 is 0 Å². The molecule has 4 heteroatoms. The predicted molar refractivity (Wildman–Crippen MR) is 148 cm³/mol. The van der Waals surface area contributed by atoms with Crippen molar-refractivity contribution in [1.82, 2.24) is 0 Å². The highest BCUT2D eigenvalue weighted by Crippen LogP contribution is 2.71. The van der Waals surface area contributed by atoms with E-state index in [1.807, 2.05) is 13.8 Å². The lowest BCUT2D eigenvalue weighted by Gasteiger charge is -2.71. The largest absolute Gasteiger partial charge is 0.393 e. The molecule has 5 N–H and O–H groups in total. The highest BCUT2D eigenvalue weighted by atomic mass is 16.4. The lowest BCUT2D eigenvalue weighted by molar-refractivity contribution is -0.321. The van der Waals surface area contributed by atoms with Crippen LogP contribution in [0.3, 0.4) is 0 Å². The molecule has 0 spiro atoms. The van der Waals surface area contributed by atoms with Gasteiger partial charge in [-0.15, -0.1) is 0 Å². The van der Waals surface area contributed by atoms with E-state index in [-0.39, 0.29) is 6.42 Å². The first-order valence-corrected chi connectivity index (χ1v) is 15.5. The summed E-state index contributed by atoms with van der Waals surface area (Å²) in [6, 6.07) is 0. The van der Waals surface area contributed by atoms with Gasteiger partial charge in [0.1, 0.15) is 11.2 Å². The first-order chi connectivity index (χ1) is 16.6. The van der Waals surface area contributed by atoms with E-state index in [2.05, 4.69) is 41.5 Å². The molecule has 11 atom stereocenters. The first kappa shape index (κ1) is 28.8. The van der Waals surface area contributed by atoms with Crippen molar-refractivity contribution in [2.45, 2.75) is 149 Å². The lowest BCUT2D eigenvalue weighted by atomic mass is 9.38. The van der Waals surface area contributed by atoms with E-state index in [9.17, 15) is 15.3 Å². The zero-order valence-electron chi connectivity index (χ0n) is 24.8. The maximum Gasteiger partial charge on any atom is 0.111 e. The minimum absolute atomic E-state index is 0.236. The molecule has 0 amide bonds. The summed E-state index contributed by atoms with van der Waals surface area (Å²) >= 11 is 0. The summed E-state index contributed by atoms with van der Waals surface area (Å²) in [5.41, 5.74) is 2.89. The van der Waals surface area contributed by atoms with Crippen LogP contribution in [-0.2, 0) is 0 Å². The third kappa shape index (κ3) is 4.06. The molecule has 0 aromatic heterocycles. The van der Waals surface area contributed by atoms with Gasteiger partial charge in [-0.05, 0) is 112 Å². The predicted octanol–water partition coefficient (Wildman–Crippen LogP) is 6.30. The zero-order valence-corrected chi connectivity index (χ0v) is 24.8. The van der Waals surface area contributed by atoms with Gasteiger partial charge in [-0.1, -0.05) is 54.4 Å². The van der Waals surface area contributed by atoms with Crippen LogP contribution in [-0.4, -0.2) is 38.2 Å². The number of hydrogen-bond acceptors (Lipinski definition) is 4. The van der Waals surface area contributed by atoms with Crippen LogP contribution in [0, 0.1) is 52.3 Å². The summed E-state index contributed by atoms with van der Waals surface area (Å²) in [7, 11) is 0. The SMILES string of the molecule is CC[C@H](CC[C@@H](C)[C@H]1CC[C@H]2[C@@H]3C[C@](O)(C(C)(C)N)[C@@]4(O)C[C@@H](O)CC[C@]4(C)[C@H]3CC[C@]12C)C(C)C. The quantitative estimate of drug-likeness (QED) is 0.327. The summed E-state index contributed by atoms with van der Waals surface area (Å²) in [6.45, 7) is 18.2. The minimum Gasteiger partial charge on any atom is -0.393 e. The van der Waals surface area contributed by atoms with Gasteiger partial charge in [0.25, 0.3) is 0 Å². The maximum absolute atomic E-state index is 12.4. The Hall–Kier alpha value is -0.160. The van der Waals surface area contributed by atoms with Gasteiger partial charge in [-0.2, -0.15) is 0 Å². The van der Waals surface area contributed by atoms with Crippen LogP contribution in [0.5, 0.6) is 0 Å². The number of aliphatic hydroxyl groups is 3. The number of hydrogen-bond donors (Lipinski definition) is 4. The highest BCUT2D eigenvalue weighted by molar-refractivity contribution is 5.26. The van der Waals surface area contributed by atoms with Crippen molar-refractivity contribution in [1.29, 1.82) is 0 Å². The fourth-order valence-electron chi connectivity index (χ4n) is 10.8. The number of aliphatic hydroxyl groups excluding tert-OH is 1. The molecule has 0 aliphatic heterocycles. The molecule has 4 aliphatic carbocycles. The molecule has 4 saturated carbocycles. The molecular formula is C32H59NO3. The van der Waals surface area contributed by atoms with Crippen LogP contribution >= 0.6 is 0 Å². The second-order valence-electron chi connectivity index (χ2n) is 15.5. The molecule has 0 heterocycles. The van der Waals surface area contributed by atoms with Crippen molar-refractivity contribution in [3.05, 3.63) is 0 Å². The van der Waals surface area contributed by atoms with Gasteiger partial charge in [0.05, 0.1) is 6.10 Å². The summed E-state index contributed by atoms with van der Waals surface area (Å²) in [6.07, 6.45) is 10.5. The van der Waals surface area contributed by atoms with E-state index in [1.165, 1.54) is 38.5 Å².